The third kappa shape index (κ3) is 7.72. The van der Waals surface area contributed by atoms with Gasteiger partial charge in [0.05, 0.1) is 18.5 Å². The summed E-state index contributed by atoms with van der Waals surface area (Å²) < 4.78 is 10.7. The zero-order valence-electron chi connectivity index (χ0n) is 23.9. The Balaban J connectivity index is 1.22. The smallest absolute Gasteiger partial charge is 0.408 e. The van der Waals surface area contributed by atoms with Gasteiger partial charge in [0.2, 0.25) is 11.8 Å². The van der Waals surface area contributed by atoms with Crippen molar-refractivity contribution in [3.63, 3.8) is 0 Å². The second kappa shape index (κ2) is 13.9. The number of hydrogen-bond donors (Lipinski definition) is 2. The maximum atomic E-state index is 13.6. The van der Waals surface area contributed by atoms with Gasteiger partial charge in [0.1, 0.15) is 23.7 Å². The minimum atomic E-state index is -0.824. The van der Waals surface area contributed by atoms with Crippen LogP contribution in [0.1, 0.15) is 41.5 Å². The Bertz CT molecular complexity index is 1570. The van der Waals surface area contributed by atoms with Crippen molar-refractivity contribution >= 4 is 46.2 Å². The van der Waals surface area contributed by atoms with E-state index in [1.54, 1.807) is 48.4 Å². The van der Waals surface area contributed by atoms with Crippen LogP contribution in [0.15, 0.2) is 107 Å². The number of aliphatic imine (C=N–C) groups is 1. The van der Waals surface area contributed by atoms with Crippen LogP contribution in [-0.4, -0.2) is 34.0 Å². The molecule has 1 aromatic heterocycles. The Morgan fingerprint density at radius 1 is 0.977 bits per heavy atom. The molecule has 3 aromatic carbocycles. The zero-order valence-corrected chi connectivity index (χ0v) is 24.7. The van der Waals surface area contributed by atoms with E-state index in [1.165, 1.54) is 17.3 Å². The number of alkyl carbamates (subject to hydrolysis) is 1. The van der Waals surface area contributed by atoms with Gasteiger partial charge in [0.15, 0.2) is 5.17 Å². The highest BCUT2D eigenvalue weighted by Crippen LogP contribution is 2.41. The van der Waals surface area contributed by atoms with Crippen LogP contribution < -0.4 is 10.6 Å². The predicted octanol–water partition coefficient (Wildman–Crippen LogP) is 6.60. The quantitative estimate of drug-likeness (QED) is 0.213. The summed E-state index contributed by atoms with van der Waals surface area (Å²) in [4.78, 5) is 44.9. The van der Waals surface area contributed by atoms with Crippen molar-refractivity contribution in [2.75, 3.05) is 5.32 Å². The number of hydrogen-bond acceptors (Lipinski definition) is 7. The van der Waals surface area contributed by atoms with Crippen LogP contribution in [0, 0.1) is 0 Å². The van der Waals surface area contributed by atoms with Crippen LogP contribution in [0.5, 0.6) is 0 Å². The summed E-state index contributed by atoms with van der Waals surface area (Å²) in [7, 11) is 0. The second-order valence-corrected chi connectivity index (χ2v) is 11.0. The van der Waals surface area contributed by atoms with Gasteiger partial charge in [-0.2, -0.15) is 0 Å². The van der Waals surface area contributed by atoms with E-state index in [0.29, 0.717) is 16.6 Å². The molecule has 0 aliphatic carbocycles. The van der Waals surface area contributed by atoms with Crippen LogP contribution in [0.4, 0.5) is 16.2 Å². The van der Waals surface area contributed by atoms with Gasteiger partial charge >= 0.3 is 6.09 Å². The number of aryl methyl sites for hydroxylation is 1. The molecule has 5 rings (SSSR count). The number of furan rings is 1. The van der Waals surface area contributed by atoms with Gasteiger partial charge in [0, 0.05) is 5.69 Å². The Hall–Kier alpha value is -4.83. The Labute approximate surface area is 254 Å². The van der Waals surface area contributed by atoms with Crippen molar-refractivity contribution in [2.45, 2.75) is 44.7 Å². The lowest BCUT2D eigenvalue weighted by molar-refractivity contribution is -0.126. The summed E-state index contributed by atoms with van der Waals surface area (Å²) in [5.41, 5.74) is 4.14. The molecular weight excluding hydrogens is 564 g/mol. The third-order valence-electron chi connectivity index (χ3n) is 6.83. The number of amides is 3. The maximum Gasteiger partial charge on any atom is 0.408 e. The van der Waals surface area contributed by atoms with Crippen LogP contribution in [0.3, 0.4) is 0 Å². The molecule has 2 heterocycles. The van der Waals surface area contributed by atoms with Gasteiger partial charge in [-0.3, -0.25) is 14.5 Å². The summed E-state index contributed by atoms with van der Waals surface area (Å²) in [5.74, 6) is 0.159. The molecule has 2 atom stereocenters. The molecule has 220 valence electrons. The number of thioether (sulfide) groups is 1. The van der Waals surface area contributed by atoms with Crippen molar-refractivity contribution in [3.05, 3.63) is 120 Å². The average Bonchev–Trinajstić information content (AvgIpc) is 3.65. The van der Waals surface area contributed by atoms with Gasteiger partial charge < -0.3 is 19.8 Å². The van der Waals surface area contributed by atoms with E-state index in [2.05, 4.69) is 17.6 Å². The van der Waals surface area contributed by atoms with E-state index in [1.807, 2.05) is 60.7 Å². The molecule has 2 N–H and O–H groups in total. The normalized spacial score (nSPS) is 16.2. The predicted molar refractivity (Wildman–Crippen MR) is 167 cm³/mol. The molecule has 0 saturated carbocycles. The summed E-state index contributed by atoms with van der Waals surface area (Å²) in [6, 6.07) is 27.1. The average molecular weight is 597 g/mol. The molecule has 0 bridgehead atoms. The SMILES string of the molecule is CCc1ccc(N=C2SC(c3ccc(NC(=O)[C@@H](C)NC(=O)OCc4ccccc4)cc3)C(=O)N2Cc2ccco2)cc1. The summed E-state index contributed by atoms with van der Waals surface area (Å²) in [6.45, 7) is 4.05. The molecule has 43 heavy (non-hydrogen) atoms. The summed E-state index contributed by atoms with van der Waals surface area (Å²) in [5, 5.41) is 5.41. The molecule has 3 amide bonds. The van der Waals surface area contributed by atoms with Crippen molar-refractivity contribution in [1.29, 1.82) is 0 Å². The molecule has 1 aliphatic rings. The second-order valence-electron chi connectivity index (χ2n) is 9.96. The number of carbonyl (C=O) groups is 3. The lowest BCUT2D eigenvalue weighted by atomic mass is 10.1. The summed E-state index contributed by atoms with van der Waals surface area (Å²) in [6.07, 6.45) is 1.83. The molecule has 1 saturated heterocycles. The molecule has 1 fully saturated rings. The topological polar surface area (TPSA) is 113 Å². The maximum absolute atomic E-state index is 13.6. The minimum absolute atomic E-state index is 0.103. The standard InChI is InChI=1S/C33H32N4O5S/c1-3-23-11-15-27(16-12-23)36-32-37(20-28-10-7-19-41-28)31(39)29(43-32)25-13-17-26(18-14-25)35-30(38)22(2)34-33(40)42-21-24-8-5-4-6-9-24/h4-19,22,29H,3,20-21H2,1-2H3,(H,34,40)(H,35,38)/t22-,29?/m1/s1. The van der Waals surface area contributed by atoms with Gasteiger partial charge in [0.25, 0.3) is 0 Å². The van der Waals surface area contributed by atoms with Crippen molar-refractivity contribution in [2.24, 2.45) is 4.99 Å². The Kier molecular flexibility index (Phi) is 9.58. The molecule has 0 radical (unpaired) electrons. The first kappa shape index (κ1) is 29.7. The van der Waals surface area contributed by atoms with Crippen molar-refractivity contribution < 1.29 is 23.5 Å². The number of carbonyl (C=O) groups excluding carboxylic acids is 3. The molecule has 1 aliphatic heterocycles. The van der Waals surface area contributed by atoms with Crippen LogP contribution >= 0.6 is 11.8 Å². The number of anilines is 1. The largest absolute Gasteiger partial charge is 0.467 e. The number of ether oxygens (including phenoxy) is 1. The lowest BCUT2D eigenvalue weighted by Gasteiger charge is -2.16. The first-order valence-corrected chi connectivity index (χ1v) is 14.8. The van der Waals surface area contributed by atoms with E-state index in [9.17, 15) is 14.4 Å². The molecular formula is C33H32N4O5S. The highest BCUT2D eigenvalue weighted by molar-refractivity contribution is 8.15. The fraction of sp³-hybridized carbons (Fsp3) is 0.212. The monoisotopic (exact) mass is 596 g/mol. The first-order valence-electron chi connectivity index (χ1n) is 14.0. The highest BCUT2D eigenvalue weighted by atomic mass is 32.2. The molecule has 9 nitrogen and oxygen atoms in total. The van der Waals surface area contributed by atoms with Crippen LogP contribution in [0.2, 0.25) is 0 Å². The number of nitrogens with zero attached hydrogens (tertiary/aromatic N) is 2. The van der Waals surface area contributed by atoms with Gasteiger partial charge in [-0.25, -0.2) is 9.79 Å². The van der Waals surface area contributed by atoms with Crippen LogP contribution in [-0.2, 0) is 33.9 Å². The number of amidine groups is 1. The van der Waals surface area contributed by atoms with Gasteiger partial charge in [-0.05, 0) is 66.4 Å². The zero-order chi connectivity index (χ0) is 30.2. The van der Waals surface area contributed by atoms with E-state index in [4.69, 9.17) is 14.1 Å². The Morgan fingerprint density at radius 3 is 2.40 bits per heavy atom. The number of nitrogens with one attached hydrogen (secondary N) is 2. The first-order chi connectivity index (χ1) is 20.9. The van der Waals surface area contributed by atoms with Crippen molar-refractivity contribution in [1.82, 2.24) is 10.2 Å². The number of rotatable bonds is 10. The number of benzene rings is 3. The van der Waals surface area contributed by atoms with Gasteiger partial charge in [-0.15, -0.1) is 0 Å². The Morgan fingerprint density at radius 2 is 1.72 bits per heavy atom. The van der Waals surface area contributed by atoms with E-state index in [-0.39, 0.29) is 19.1 Å². The molecule has 10 heteroatoms. The van der Waals surface area contributed by atoms with E-state index in [0.717, 1.165) is 23.2 Å². The van der Waals surface area contributed by atoms with E-state index >= 15 is 0 Å². The lowest BCUT2D eigenvalue weighted by Crippen LogP contribution is -2.41. The third-order valence-corrected chi connectivity index (χ3v) is 8.06. The van der Waals surface area contributed by atoms with E-state index < -0.39 is 23.3 Å². The van der Waals surface area contributed by atoms with Gasteiger partial charge in [-0.1, -0.05) is 73.3 Å². The molecule has 4 aromatic rings. The fourth-order valence-electron chi connectivity index (χ4n) is 4.37. The summed E-state index contributed by atoms with van der Waals surface area (Å²) >= 11 is 1.38. The highest BCUT2D eigenvalue weighted by Gasteiger charge is 2.39. The molecule has 1 unspecified atom stereocenters. The van der Waals surface area contributed by atoms with Crippen LogP contribution in [0.25, 0.3) is 0 Å². The van der Waals surface area contributed by atoms with Crippen molar-refractivity contribution in [3.8, 4) is 0 Å². The fourth-order valence-corrected chi connectivity index (χ4v) is 5.54. The molecule has 0 spiro atoms. The minimum Gasteiger partial charge on any atom is -0.467 e.